The van der Waals surface area contributed by atoms with Gasteiger partial charge in [0, 0.05) is 21.0 Å². The van der Waals surface area contributed by atoms with Crippen molar-refractivity contribution in [2.45, 2.75) is 11.0 Å². The van der Waals surface area contributed by atoms with Crippen LogP contribution in [0.3, 0.4) is 0 Å². The number of aromatic nitrogens is 1. The predicted molar refractivity (Wildman–Crippen MR) is 128 cm³/mol. The lowest BCUT2D eigenvalue weighted by molar-refractivity contribution is 0.0696. The molecule has 2 N–H and O–H groups in total. The minimum atomic E-state index is -4.25. The van der Waals surface area contributed by atoms with E-state index in [9.17, 15) is 23.4 Å². The van der Waals surface area contributed by atoms with Gasteiger partial charge in [0.05, 0.1) is 31.7 Å². The number of benzene rings is 3. The number of aliphatic hydroxyl groups is 1. The molecule has 4 rings (SSSR count). The van der Waals surface area contributed by atoms with E-state index in [4.69, 9.17) is 46.4 Å². The van der Waals surface area contributed by atoms with E-state index in [1.54, 1.807) is 18.2 Å². The Hall–Kier alpha value is -2.26. The van der Waals surface area contributed by atoms with E-state index in [2.05, 4.69) is 0 Å². The van der Waals surface area contributed by atoms with Crippen LogP contribution in [0, 0.1) is 0 Å². The molecule has 0 saturated carbocycles. The van der Waals surface area contributed by atoms with Crippen LogP contribution < -0.4 is 0 Å². The lowest BCUT2D eigenvalue weighted by Crippen LogP contribution is -2.18. The number of carboxylic acids is 1. The molecule has 33 heavy (non-hydrogen) atoms. The second-order valence-corrected chi connectivity index (χ2v) is 10.4. The highest BCUT2D eigenvalue weighted by Gasteiger charge is 2.31. The zero-order valence-electron chi connectivity index (χ0n) is 16.3. The highest BCUT2D eigenvalue weighted by molar-refractivity contribution is 7.90. The summed E-state index contributed by atoms with van der Waals surface area (Å²) in [6, 6.07) is 14.2. The molecule has 1 aromatic heterocycles. The number of nitrogens with zero attached hydrogens (tertiary/aromatic N) is 1. The lowest BCUT2D eigenvalue weighted by Gasteiger charge is -2.19. The summed E-state index contributed by atoms with van der Waals surface area (Å²) < 4.78 is 28.2. The zero-order valence-corrected chi connectivity index (χ0v) is 20.2. The third-order valence-electron chi connectivity index (χ3n) is 5.01. The first kappa shape index (κ1) is 23.9. The molecule has 11 heteroatoms. The van der Waals surface area contributed by atoms with Gasteiger partial charge in [0.15, 0.2) is 0 Å². The van der Waals surface area contributed by atoms with Crippen molar-refractivity contribution in [3.05, 3.63) is 97.6 Å². The van der Waals surface area contributed by atoms with Gasteiger partial charge in [0.1, 0.15) is 6.10 Å². The number of fused-ring (bicyclic) bond motifs is 1. The van der Waals surface area contributed by atoms with Crippen molar-refractivity contribution in [3.63, 3.8) is 0 Å². The number of hydrogen-bond acceptors (Lipinski definition) is 4. The normalized spacial score (nSPS) is 12.8. The van der Waals surface area contributed by atoms with Crippen molar-refractivity contribution in [2.24, 2.45) is 0 Å². The molecule has 4 aromatic rings. The van der Waals surface area contributed by atoms with Gasteiger partial charge in [-0.3, -0.25) is 0 Å². The van der Waals surface area contributed by atoms with E-state index in [1.165, 1.54) is 42.5 Å². The van der Waals surface area contributed by atoms with Crippen molar-refractivity contribution in [3.8, 4) is 0 Å². The number of carboxylic acid groups (broad SMARTS) is 1. The average Bonchev–Trinajstić information content (AvgIpc) is 3.14. The number of hydrogen-bond donors (Lipinski definition) is 2. The van der Waals surface area contributed by atoms with E-state index in [0.29, 0.717) is 5.39 Å². The van der Waals surface area contributed by atoms with Crippen molar-refractivity contribution < 1.29 is 23.4 Å². The molecule has 6 nitrogen and oxygen atoms in total. The Labute approximate surface area is 208 Å². The molecule has 3 aromatic carbocycles. The maximum Gasteiger partial charge on any atom is 0.337 e. The summed E-state index contributed by atoms with van der Waals surface area (Å²) in [5.41, 5.74) is -0.492. The molecular weight excluding hydrogens is 532 g/mol. The Bertz CT molecular complexity index is 1520. The molecule has 0 radical (unpaired) electrons. The molecule has 1 heterocycles. The number of halogens is 4. The van der Waals surface area contributed by atoms with Crippen molar-refractivity contribution in [1.82, 2.24) is 3.97 Å². The van der Waals surface area contributed by atoms with Crippen LogP contribution in [0.2, 0.25) is 20.1 Å². The lowest BCUT2D eigenvalue weighted by atomic mass is 10.0. The standard InChI is InChI=1S/C22H13Cl4NO5S/c23-11-8-16(25)14-10-18(21(28)19-15(24)7-6-13(20(19)26)22(29)30)27(17(14)9-11)33(31,32)12-4-2-1-3-5-12/h1-10,21,28H,(H,29,30). The Morgan fingerprint density at radius 1 is 0.909 bits per heavy atom. The fraction of sp³-hybridized carbons (Fsp3) is 0.0455. The molecule has 1 unspecified atom stereocenters. The van der Waals surface area contributed by atoms with Gasteiger partial charge in [-0.2, -0.15) is 0 Å². The molecule has 0 saturated heterocycles. The van der Waals surface area contributed by atoms with Crippen LogP contribution in [0.4, 0.5) is 0 Å². The topological polar surface area (TPSA) is 96.6 Å². The maximum absolute atomic E-state index is 13.6. The Kier molecular flexibility index (Phi) is 6.39. The van der Waals surface area contributed by atoms with E-state index in [0.717, 1.165) is 3.97 Å². The van der Waals surface area contributed by atoms with Crippen LogP contribution in [0.1, 0.15) is 27.7 Å². The largest absolute Gasteiger partial charge is 0.478 e. The van der Waals surface area contributed by atoms with Crippen LogP contribution in [0.15, 0.2) is 65.6 Å². The summed E-state index contributed by atoms with van der Waals surface area (Å²) in [5, 5.41) is 21.0. The van der Waals surface area contributed by atoms with Crippen molar-refractivity contribution in [2.75, 3.05) is 0 Å². The van der Waals surface area contributed by atoms with Crippen LogP contribution in [0.5, 0.6) is 0 Å². The first-order valence-corrected chi connectivity index (χ1v) is 12.2. The third kappa shape index (κ3) is 4.10. The number of aliphatic hydroxyl groups excluding tert-OH is 1. The monoisotopic (exact) mass is 543 g/mol. The van der Waals surface area contributed by atoms with Gasteiger partial charge in [-0.25, -0.2) is 17.2 Å². The predicted octanol–water partition coefficient (Wildman–Crippen LogP) is 6.27. The van der Waals surface area contributed by atoms with Gasteiger partial charge in [0.25, 0.3) is 10.0 Å². The minimum Gasteiger partial charge on any atom is -0.478 e. The smallest absolute Gasteiger partial charge is 0.337 e. The molecule has 0 aliphatic heterocycles. The first-order valence-electron chi connectivity index (χ1n) is 9.24. The van der Waals surface area contributed by atoms with E-state index in [-0.39, 0.29) is 47.3 Å². The molecule has 0 amide bonds. The maximum atomic E-state index is 13.6. The second-order valence-electron chi connectivity index (χ2n) is 7.00. The minimum absolute atomic E-state index is 0.0458. The van der Waals surface area contributed by atoms with E-state index in [1.807, 2.05) is 0 Å². The average molecular weight is 545 g/mol. The first-order chi connectivity index (χ1) is 15.5. The van der Waals surface area contributed by atoms with E-state index >= 15 is 0 Å². The Morgan fingerprint density at radius 3 is 2.21 bits per heavy atom. The number of rotatable bonds is 5. The zero-order chi connectivity index (χ0) is 24.1. The van der Waals surface area contributed by atoms with Gasteiger partial charge in [-0.15, -0.1) is 0 Å². The van der Waals surface area contributed by atoms with Crippen molar-refractivity contribution in [1.29, 1.82) is 0 Å². The van der Waals surface area contributed by atoms with Gasteiger partial charge >= 0.3 is 5.97 Å². The molecule has 0 aliphatic rings. The second kappa shape index (κ2) is 8.83. The summed E-state index contributed by atoms with van der Waals surface area (Å²) in [6.07, 6.45) is -1.72. The number of aromatic carboxylic acids is 1. The fourth-order valence-corrected chi connectivity index (χ4v) is 6.26. The summed E-state index contributed by atoms with van der Waals surface area (Å²) in [4.78, 5) is 11.5. The fourth-order valence-electron chi connectivity index (χ4n) is 3.52. The van der Waals surface area contributed by atoms with Crippen LogP contribution in [-0.4, -0.2) is 28.6 Å². The van der Waals surface area contributed by atoms with Crippen LogP contribution in [0.25, 0.3) is 10.9 Å². The Balaban J connectivity index is 2.08. The summed E-state index contributed by atoms with van der Waals surface area (Å²) in [5.74, 6) is -1.34. The molecule has 0 spiro atoms. The van der Waals surface area contributed by atoms with Gasteiger partial charge in [-0.05, 0) is 42.5 Å². The summed E-state index contributed by atoms with van der Waals surface area (Å²) in [6.45, 7) is 0. The highest BCUT2D eigenvalue weighted by atomic mass is 35.5. The van der Waals surface area contributed by atoms with Gasteiger partial charge in [-0.1, -0.05) is 64.6 Å². The quantitative estimate of drug-likeness (QED) is 0.308. The molecule has 1 atom stereocenters. The molecule has 0 bridgehead atoms. The van der Waals surface area contributed by atoms with Crippen LogP contribution in [-0.2, 0) is 10.0 Å². The molecule has 170 valence electrons. The van der Waals surface area contributed by atoms with Gasteiger partial charge in [0.2, 0.25) is 0 Å². The highest BCUT2D eigenvalue weighted by Crippen LogP contribution is 2.41. The SMILES string of the molecule is O=C(O)c1ccc(Cl)c(C(O)c2cc3c(Cl)cc(Cl)cc3n2S(=O)(=O)c2ccccc2)c1Cl. The van der Waals surface area contributed by atoms with Crippen LogP contribution >= 0.6 is 46.4 Å². The summed E-state index contributed by atoms with van der Waals surface area (Å²) in [7, 11) is -4.25. The molecule has 0 aliphatic carbocycles. The molecular formula is C22H13Cl4NO5S. The van der Waals surface area contributed by atoms with Gasteiger partial charge < -0.3 is 10.2 Å². The van der Waals surface area contributed by atoms with E-state index < -0.39 is 22.1 Å². The summed E-state index contributed by atoms with van der Waals surface area (Å²) >= 11 is 25.0. The third-order valence-corrected chi connectivity index (χ3v) is 8.03. The Morgan fingerprint density at radius 2 is 1.58 bits per heavy atom. The van der Waals surface area contributed by atoms with Crippen molar-refractivity contribution >= 4 is 73.3 Å². The molecule has 0 fully saturated rings. The number of carbonyl (C=O) groups is 1.